The van der Waals surface area contributed by atoms with Gasteiger partial charge < -0.3 is 9.72 Å². The van der Waals surface area contributed by atoms with Gasteiger partial charge in [0.05, 0.1) is 10.8 Å². The quantitative estimate of drug-likeness (QED) is 0.916. The number of H-pyrrole nitrogens is 1. The monoisotopic (exact) mass is 334 g/mol. The van der Waals surface area contributed by atoms with Crippen LogP contribution in [0, 0.1) is 0 Å². The predicted molar refractivity (Wildman–Crippen MR) is 64.1 cm³/mol. The maximum absolute atomic E-state index is 12.7. The molecule has 0 saturated heterocycles. The molecule has 2 aromatic rings. The highest BCUT2D eigenvalue weighted by Gasteiger charge is 2.38. The Balaban J connectivity index is 2.52. The second-order valence-corrected chi connectivity index (χ2v) is 4.29. The molecule has 100 valence electrons. The van der Waals surface area contributed by atoms with Gasteiger partial charge in [0.15, 0.2) is 5.69 Å². The van der Waals surface area contributed by atoms with Crippen LogP contribution in [0.1, 0.15) is 5.69 Å². The summed E-state index contributed by atoms with van der Waals surface area (Å²) in [6, 6.07) is 6.23. The highest BCUT2D eigenvalue weighted by atomic mass is 79.9. The molecular weight excluding hydrogens is 329 g/mol. The number of hydrogen-bond acceptors (Lipinski definition) is 3. The van der Waals surface area contributed by atoms with Gasteiger partial charge in [0.2, 0.25) is 5.75 Å². The molecule has 1 heterocycles. The number of nitrogens with one attached hydrogen (secondary N) is 1. The smallest absolute Gasteiger partial charge is 0.437 e. The topological polar surface area (TPSA) is 55.0 Å². The van der Waals surface area contributed by atoms with Gasteiger partial charge >= 0.3 is 6.18 Å². The Morgan fingerprint density at radius 2 is 1.95 bits per heavy atom. The van der Waals surface area contributed by atoms with Crippen LogP contribution in [0.5, 0.6) is 11.5 Å². The molecule has 0 unspecified atom stereocenters. The lowest BCUT2D eigenvalue weighted by Crippen LogP contribution is -2.18. The van der Waals surface area contributed by atoms with Gasteiger partial charge in [-0.05, 0) is 28.1 Å². The van der Waals surface area contributed by atoms with E-state index in [4.69, 9.17) is 4.74 Å². The van der Waals surface area contributed by atoms with E-state index in [2.05, 4.69) is 20.9 Å². The Labute approximate surface area is 113 Å². The van der Waals surface area contributed by atoms with Gasteiger partial charge in [-0.2, -0.15) is 13.2 Å². The molecule has 1 aromatic heterocycles. The van der Waals surface area contributed by atoms with Crippen LogP contribution in [-0.2, 0) is 6.18 Å². The van der Waals surface area contributed by atoms with Crippen molar-refractivity contribution in [3.63, 3.8) is 0 Å². The number of ether oxygens (including phenoxy) is 1. The van der Waals surface area contributed by atoms with Crippen molar-refractivity contribution in [1.29, 1.82) is 0 Å². The normalized spacial score (nSPS) is 11.4. The number of alkyl halides is 3. The molecule has 19 heavy (non-hydrogen) atoms. The summed E-state index contributed by atoms with van der Waals surface area (Å²) < 4.78 is 43.6. The molecule has 1 aromatic carbocycles. The fraction of sp³-hybridized carbons (Fsp3) is 0.0909. The Morgan fingerprint density at radius 1 is 1.26 bits per heavy atom. The molecular formula is C11H6BrF3N2O2. The summed E-state index contributed by atoms with van der Waals surface area (Å²) >= 11 is 3.11. The van der Waals surface area contributed by atoms with Gasteiger partial charge in [0.25, 0.3) is 5.56 Å². The van der Waals surface area contributed by atoms with Crippen LogP contribution in [-0.4, -0.2) is 9.97 Å². The first kappa shape index (κ1) is 13.6. The number of aromatic nitrogens is 2. The molecule has 0 saturated carbocycles. The van der Waals surface area contributed by atoms with Crippen molar-refractivity contribution >= 4 is 15.9 Å². The van der Waals surface area contributed by atoms with Gasteiger partial charge in [-0.1, -0.05) is 12.1 Å². The van der Waals surface area contributed by atoms with E-state index in [0.717, 1.165) is 0 Å². The minimum Gasteiger partial charge on any atom is -0.448 e. The number of aromatic amines is 1. The zero-order valence-electron chi connectivity index (χ0n) is 9.16. The molecule has 0 fully saturated rings. The highest BCUT2D eigenvalue weighted by Crippen LogP contribution is 2.35. The minimum atomic E-state index is -4.77. The number of nitrogens with zero attached hydrogens (tertiary/aromatic N) is 1. The van der Waals surface area contributed by atoms with Gasteiger partial charge in [-0.3, -0.25) is 4.79 Å². The molecule has 4 nitrogen and oxygen atoms in total. The fourth-order valence-electron chi connectivity index (χ4n) is 1.32. The Hall–Kier alpha value is -1.83. The average Bonchev–Trinajstić information content (AvgIpc) is 2.33. The van der Waals surface area contributed by atoms with Crippen LogP contribution in [0.4, 0.5) is 13.2 Å². The Kier molecular flexibility index (Phi) is 3.61. The summed E-state index contributed by atoms with van der Waals surface area (Å²) in [5.41, 5.74) is -2.37. The van der Waals surface area contributed by atoms with Crippen molar-refractivity contribution in [3.8, 4) is 11.5 Å². The van der Waals surface area contributed by atoms with E-state index in [1.165, 1.54) is 6.07 Å². The molecule has 0 spiro atoms. The SMILES string of the molecule is O=c1[nH]cnc(C(F)(F)F)c1Oc1ccccc1Br. The molecule has 0 radical (unpaired) electrons. The summed E-state index contributed by atoms with van der Waals surface area (Å²) in [5, 5.41) is 0. The number of hydrogen-bond donors (Lipinski definition) is 1. The Bertz CT molecular complexity index is 655. The predicted octanol–water partition coefficient (Wildman–Crippen LogP) is 3.34. The number of rotatable bonds is 2. The van der Waals surface area contributed by atoms with Crippen LogP contribution in [0.25, 0.3) is 0 Å². The van der Waals surface area contributed by atoms with Crippen molar-refractivity contribution in [2.45, 2.75) is 6.18 Å². The number of benzene rings is 1. The molecule has 8 heteroatoms. The lowest BCUT2D eigenvalue weighted by Gasteiger charge is -2.11. The van der Waals surface area contributed by atoms with Crippen molar-refractivity contribution in [2.75, 3.05) is 0 Å². The third-order valence-electron chi connectivity index (χ3n) is 2.13. The maximum atomic E-state index is 12.7. The summed E-state index contributed by atoms with van der Waals surface area (Å²) in [4.78, 5) is 16.6. The molecule has 2 rings (SSSR count). The van der Waals surface area contributed by atoms with Crippen molar-refractivity contribution in [2.24, 2.45) is 0 Å². The molecule has 0 amide bonds. The lowest BCUT2D eigenvalue weighted by molar-refractivity contribution is -0.142. The first-order valence-electron chi connectivity index (χ1n) is 4.97. The molecule has 0 aliphatic heterocycles. The first-order valence-corrected chi connectivity index (χ1v) is 5.76. The summed E-state index contributed by atoms with van der Waals surface area (Å²) in [7, 11) is 0. The van der Waals surface area contributed by atoms with Gasteiger partial charge in [-0.25, -0.2) is 4.98 Å². The van der Waals surface area contributed by atoms with Gasteiger partial charge in [-0.15, -0.1) is 0 Å². The van der Waals surface area contributed by atoms with E-state index in [-0.39, 0.29) is 5.75 Å². The highest BCUT2D eigenvalue weighted by molar-refractivity contribution is 9.10. The second-order valence-electron chi connectivity index (χ2n) is 3.44. The van der Waals surface area contributed by atoms with Crippen LogP contribution in [0.15, 0.2) is 39.9 Å². The fourth-order valence-corrected chi connectivity index (χ4v) is 1.69. The average molecular weight is 335 g/mol. The molecule has 0 atom stereocenters. The van der Waals surface area contributed by atoms with E-state index in [1.54, 1.807) is 18.2 Å². The second kappa shape index (κ2) is 5.04. The third-order valence-corrected chi connectivity index (χ3v) is 2.78. The van der Waals surface area contributed by atoms with Crippen LogP contribution in [0.2, 0.25) is 0 Å². The van der Waals surface area contributed by atoms with Crippen molar-refractivity contribution < 1.29 is 17.9 Å². The largest absolute Gasteiger partial charge is 0.448 e. The summed E-state index contributed by atoms with van der Waals surface area (Å²) in [5.74, 6) is -0.798. The third kappa shape index (κ3) is 2.95. The van der Waals surface area contributed by atoms with Crippen molar-refractivity contribution in [1.82, 2.24) is 9.97 Å². The maximum Gasteiger partial charge on any atom is 0.437 e. The molecule has 1 N–H and O–H groups in total. The van der Waals surface area contributed by atoms with E-state index in [9.17, 15) is 18.0 Å². The standard InChI is InChI=1S/C11H6BrF3N2O2/c12-6-3-1-2-4-7(6)19-8-9(11(13,14)15)16-5-17-10(8)18/h1-5H,(H,16,17,18). The van der Waals surface area contributed by atoms with E-state index in [0.29, 0.717) is 10.8 Å². The van der Waals surface area contributed by atoms with Crippen LogP contribution < -0.4 is 10.3 Å². The van der Waals surface area contributed by atoms with Crippen molar-refractivity contribution in [3.05, 3.63) is 51.1 Å². The molecule has 0 aliphatic rings. The first-order chi connectivity index (χ1) is 8.89. The zero-order valence-corrected chi connectivity index (χ0v) is 10.7. The van der Waals surface area contributed by atoms with Crippen LogP contribution in [0.3, 0.4) is 0 Å². The van der Waals surface area contributed by atoms with E-state index in [1.807, 2.05) is 4.98 Å². The van der Waals surface area contributed by atoms with E-state index < -0.39 is 23.2 Å². The van der Waals surface area contributed by atoms with E-state index >= 15 is 0 Å². The minimum absolute atomic E-state index is 0.0894. The number of para-hydroxylation sites is 1. The Morgan fingerprint density at radius 3 is 2.58 bits per heavy atom. The lowest BCUT2D eigenvalue weighted by atomic mass is 10.3. The van der Waals surface area contributed by atoms with Crippen LogP contribution >= 0.6 is 15.9 Å². The summed E-state index contributed by atoms with van der Waals surface area (Å²) in [6.45, 7) is 0. The van der Waals surface area contributed by atoms with Gasteiger partial charge in [0, 0.05) is 0 Å². The zero-order chi connectivity index (χ0) is 14.0. The number of halogens is 4. The molecule has 0 aliphatic carbocycles. The van der Waals surface area contributed by atoms with Gasteiger partial charge in [0.1, 0.15) is 5.75 Å². The molecule has 0 bridgehead atoms. The summed E-state index contributed by atoms with van der Waals surface area (Å²) in [6.07, 6.45) is -4.09.